The molecule has 1 saturated heterocycles. The van der Waals surface area contributed by atoms with E-state index in [0.717, 1.165) is 0 Å². The van der Waals surface area contributed by atoms with Crippen molar-refractivity contribution in [2.45, 2.75) is 25.2 Å². The molecule has 1 aromatic rings. The van der Waals surface area contributed by atoms with Gasteiger partial charge in [0.25, 0.3) is 0 Å². The van der Waals surface area contributed by atoms with E-state index >= 15 is 0 Å². The van der Waals surface area contributed by atoms with Crippen molar-refractivity contribution in [3.63, 3.8) is 0 Å². The molecule has 0 saturated carbocycles. The molecule has 0 spiro atoms. The first-order valence-electron chi connectivity index (χ1n) is 5.94. The van der Waals surface area contributed by atoms with Gasteiger partial charge in [0.05, 0.1) is 12.1 Å². The minimum atomic E-state index is -4.37. The van der Waals surface area contributed by atoms with Crippen molar-refractivity contribution in [2.75, 3.05) is 19.6 Å². The summed E-state index contributed by atoms with van der Waals surface area (Å²) in [7, 11) is 0. The Morgan fingerprint density at radius 1 is 1.53 bits per heavy atom. The van der Waals surface area contributed by atoms with Crippen LogP contribution in [0, 0.1) is 0 Å². The fourth-order valence-electron chi connectivity index (χ4n) is 1.97. The van der Waals surface area contributed by atoms with Crippen LogP contribution >= 0.6 is 0 Å². The number of carbonyl (C=O) groups is 1. The van der Waals surface area contributed by atoms with Crippen molar-refractivity contribution in [3.05, 3.63) is 18.5 Å². The predicted molar refractivity (Wildman–Crippen MR) is 61.4 cm³/mol. The number of nitrogens with one attached hydrogen (secondary N) is 1. The van der Waals surface area contributed by atoms with Gasteiger partial charge in [0.1, 0.15) is 6.54 Å². The maximum atomic E-state index is 12.0. The number of alkyl halides is 3. The Balaban J connectivity index is 1.76. The zero-order valence-corrected chi connectivity index (χ0v) is 10.4. The van der Waals surface area contributed by atoms with E-state index in [4.69, 9.17) is 0 Å². The summed E-state index contributed by atoms with van der Waals surface area (Å²) >= 11 is 0. The molecule has 2 rings (SSSR count). The fraction of sp³-hybridized carbons (Fsp3) is 0.636. The average molecular weight is 276 g/mol. The molecule has 1 N–H and O–H groups in total. The summed E-state index contributed by atoms with van der Waals surface area (Å²) in [5, 5.41) is 5.98. The van der Waals surface area contributed by atoms with Gasteiger partial charge in [0.15, 0.2) is 0 Å². The molecule has 0 aliphatic carbocycles. The standard InChI is InChI=1S/C11H15F3N4O/c1-8(10(19)15-7-11(12,13)14)17-5-9(6-17)18-4-2-3-16-18/h2-4,8-9H,5-7H2,1H3,(H,15,19). The molecule has 106 valence electrons. The Morgan fingerprint density at radius 2 is 2.21 bits per heavy atom. The Hall–Kier alpha value is -1.57. The van der Waals surface area contributed by atoms with Gasteiger partial charge in [-0.1, -0.05) is 0 Å². The quantitative estimate of drug-likeness (QED) is 0.885. The number of nitrogens with zero attached hydrogens (tertiary/aromatic N) is 3. The van der Waals surface area contributed by atoms with Crippen molar-refractivity contribution in [1.82, 2.24) is 20.0 Å². The molecule has 1 atom stereocenters. The van der Waals surface area contributed by atoms with E-state index in [2.05, 4.69) is 5.10 Å². The van der Waals surface area contributed by atoms with Crippen LogP contribution in [0.2, 0.25) is 0 Å². The van der Waals surface area contributed by atoms with Crippen LogP contribution in [0.1, 0.15) is 13.0 Å². The van der Waals surface area contributed by atoms with E-state index in [1.54, 1.807) is 17.8 Å². The molecular formula is C11H15F3N4O. The summed E-state index contributed by atoms with van der Waals surface area (Å²) in [6.07, 6.45) is -0.875. The second-order valence-corrected chi connectivity index (χ2v) is 4.60. The van der Waals surface area contributed by atoms with Crippen LogP contribution in [0.15, 0.2) is 18.5 Å². The highest BCUT2D eigenvalue weighted by atomic mass is 19.4. The molecule has 1 fully saturated rings. The summed E-state index contributed by atoms with van der Waals surface area (Å²) in [5.41, 5.74) is 0. The minimum absolute atomic E-state index is 0.188. The first-order chi connectivity index (χ1) is 8.87. The number of rotatable bonds is 4. The normalized spacial score (nSPS) is 18.9. The third-order valence-electron chi connectivity index (χ3n) is 3.18. The molecule has 1 unspecified atom stereocenters. The molecule has 19 heavy (non-hydrogen) atoms. The van der Waals surface area contributed by atoms with Crippen LogP contribution in [0.25, 0.3) is 0 Å². The molecule has 1 amide bonds. The summed E-state index contributed by atoms with van der Waals surface area (Å²) in [5.74, 6) is -0.601. The number of halogens is 3. The maximum Gasteiger partial charge on any atom is 0.405 e. The predicted octanol–water partition coefficient (Wildman–Crippen LogP) is 0.807. The van der Waals surface area contributed by atoms with Crippen LogP contribution < -0.4 is 5.32 Å². The number of hydrogen-bond donors (Lipinski definition) is 1. The van der Waals surface area contributed by atoms with Gasteiger partial charge >= 0.3 is 6.18 Å². The molecule has 8 heteroatoms. The summed E-state index contributed by atoms with van der Waals surface area (Å²) in [6.45, 7) is 1.54. The van der Waals surface area contributed by atoms with E-state index in [1.165, 1.54) is 0 Å². The number of likely N-dealkylation sites (tertiary alicyclic amines) is 1. The number of aromatic nitrogens is 2. The molecule has 1 aliphatic heterocycles. The summed E-state index contributed by atoms with van der Waals surface area (Å²) in [6, 6.07) is 1.43. The van der Waals surface area contributed by atoms with Gasteiger partial charge in [-0.05, 0) is 13.0 Å². The molecule has 0 bridgehead atoms. The first kappa shape index (κ1) is 13.9. The second kappa shape index (κ2) is 5.20. The minimum Gasteiger partial charge on any atom is -0.346 e. The lowest BCUT2D eigenvalue weighted by Gasteiger charge is -2.42. The van der Waals surface area contributed by atoms with Gasteiger partial charge in [-0.3, -0.25) is 14.4 Å². The zero-order valence-electron chi connectivity index (χ0n) is 10.4. The Kier molecular flexibility index (Phi) is 3.79. The van der Waals surface area contributed by atoms with E-state index < -0.39 is 24.7 Å². The monoisotopic (exact) mass is 276 g/mol. The van der Waals surface area contributed by atoms with Gasteiger partial charge in [-0.25, -0.2) is 0 Å². The average Bonchev–Trinajstić information content (AvgIpc) is 2.76. The third kappa shape index (κ3) is 3.46. The van der Waals surface area contributed by atoms with E-state index in [-0.39, 0.29) is 6.04 Å². The Labute approximate surface area is 108 Å². The first-order valence-corrected chi connectivity index (χ1v) is 5.94. The van der Waals surface area contributed by atoms with Crippen LogP contribution in [0.4, 0.5) is 13.2 Å². The topological polar surface area (TPSA) is 50.2 Å². The smallest absolute Gasteiger partial charge is 0.346 e. The number of amides is 1. The van der Waals surface area contributed by atoms with Crippen LogP contribution in [-0.2, 0) is 4.79 Å². The number of carbonyl (C=O) groups excluding carboxylic acids is 1. The largest absolute Gasteiger partial charge is 0.405 e. The van der Waals surface area contributed by atoms with E-state index in [0.29, 0.717) is 13.1 Å². The van der Waals surface area contributed by atoms with Crippen molar-refractivity contribution >= 4 is 5.91 Å². The lowest BCUT2D eigenvalue weighted by molar-refractivity contribution is -0.142. The van der Waals surface area contributed by atoms with Crippen molar-refractivity contribution in [2.24, 2.45) is 0 Å². The van der Waals surface area contributed by atoms with Gasteiger partial charge < -0.3 is 5.32 Å². The van der Waals surface area contributed by atoms with E-state index in [9.17, 15) is 18.0 Å². The molecule has 2 heterocycles. The molecule has 5 nitrogen and oxygen atoms in total. The summed E-state index contributed by atoms with van der Waals surface area (Å²) < 4.78 is 37.7. The van der Waals surface area contributed by atoms with Crippen LogP contribution in [-0.4, -0.2) is 52.4 Å². The highest BCUT2D eigenvalue weighted by Crippen LogP contribution is 2.22. The van der Waals surface area contributed by atoms with Crippen molar-refractivity contribution in [3.8, 4) is 0 Å². The van der Waals surface area contributed by atoms with Crippen LogP contribution in [0.5, 0.6) is 0 Å². The fourth-order valence-corrected chi connectivity index (χ4v) is 1.97. The zero-order chi connectivity index (χ0) is 14.0. The lowest BCUT2D eigenvalue weighted by Crippen LogP contribution is -2.57. The SMILES string of the molecule is CC(C(=O)NCC(F)(F)F)N1CC(n2cccn2)C1. The van der Waals surface area contributed by atoms with Crippen LogP contribution in [0.3, 0.4) is 0 Å². The maximum absolute atomic E-state index is 12.0. The van der Waals surface area contributed by atoms with Gasteiger partial charge in [0, 0.05) is 25.5 Å². The Morgan fingerprint density at radius 3 is 2.74 bits per heavy atom. The molecular weight excluding hydrogens is 261 g/mol. The summed E-state index contributed by atoms with van der Waals surface area (Å²) in [4.78, 5) is 13.4. The van der Waals surface area contributed by atoms with Crippen molar-refractivity contribution < 1.29 is 18.0 Å². The van der Waals surface area contributed by atoms with Gasteiger partial charge in [-0.15, -0.1) is 0 Å². The van der Waals surface area contributed by atoms with Gasteiger partial charge in [-0.2, -0.15) is 18.3 Å². The molecule has 0 aromatic carbocycles. The molecule has 1 aromatic heterocycles. The number of hydrogen-bond acceptors (Lipinski definition) is 3. The highest BCUT2D eigenvalue weighted by Gasteiger charge is 2.36. The van der Waals surface area contributed by atoms with Crippen molar-refractivity contribution in [1.29, 1.82) is 0 Å². The van der Waals surface area contributed by atoms with Gasteiger partial charge in [0.2, 0.25) is 5.91 Å². The van der Waals surface area contributed by atoms with E-state index in [1.807, 2.05) is 22.5 Å². The highest BCUT2D eigenvalue weighted by molar-refractivity contribution is 5.81. The Bertz CT molecular complexity index is 426. The third-order valence-corrected chi connectivity index (χ3v) is 3.18. The molecule has 0 radical (unpaired) electrons. The second-order valence-electron chi connectivity index (χ2n) is 4.60. The lowest BCUT2D eigenvalue weighted by atomic mass is 10.1. The molecule has 1 aliphatic rings.